The van der Waals surface area contributed by atoms with Crippen LogP contribution in [0.5, 0.6) is 5.75 Å². The fourth-order valence-corrected chi connectivity index (χ4v) is 5.77. The van der Waals surface area contributed by atoms with Crippen molar-refractivity contribution in [3.8, 4) is 16.9 Å². The minimum atomic E-state index is -4.63. The standard InChI is InChI=1S/C38H31N9O6S.2Na/c1-22-19-32(36(40)37(35(22)39)47-45-29-15-17-31(34(21-29)54(51,52)53)41-25-5-3-2-4-6-25)46-43-27-13-9-24(10-14-27)23-7-11-26(12-8-23)42-44-28-16-18-33(48)30(20-28)38(49)50;;/h2-21,41,48H,39-40H2,1H3,(H,49,50)(H,51,52,53);;. The summed E-state index contributed by atoms with van der Waals surface area (Å²) >= 11 is 0. The van der Waals surface area contributed by atoms with Crippen LogP contribution in [0.1, 0.15) is 15.9 Å². The number of nitrogens with two attached hydrogens (primary N) is 2. The van der Waals surface area contributed by atoms with Gasteiger partial charge in [0, 0.05) is 64.8 Å². The van der Waals surface area contributed by atoms with Gasteiger partial charge in [0.05, 0.1) is 39.8 Å². The number of hydrogen-bond acceptors (Lipinski definition) is 13. The zero-order valence-electron chi connectivity index (χ0n) is 30.4. The predicted molar refractivity (Wildman–Crippen MR) is 217 cm³/mol. The van der Waals surface area contributed by atoms with Crippen LogP contribution >= 0.6 is 0 Å². The molecule has 6 aromatic carbocycles. The Bertz CT molecular complexity index is 2570. The van der Waals surface area contributed by atoms with Gasteiger partial charge in [-0.05, 0) is 102 Å². The summed E-state index contributed by atoms with van der Waals surface area (Å²) in [6.45, 7) is 1.75. The Hall–Kier alpha value is -5.30. The van der Waals surface area contributed by atoms with Crippen LogP contribution in [0.15, 0.2) is 157 Å². The number of aryl methyl sites for hydroxylation is 1. The van der Waals surface area contributed by atoms with Crippen LogP contribution in [0.3, 0.4) is 0 Å². The van der Waals surface area contributed by atoms with Crippen LogP contribution in [0.4, 0.5) is 56.9 Å². The molecule has 0 aliphatic rings. The summed E-state index contributed by atoms with van der Waals surface area (Å²) < 4.78 is 34.3. The van der Waals surface area contributed by atoms with E-state index < -0.39 is 21.0 Å². The summed E-state index contributed by atoms with van der Waals surface area (Å²) in [5.41, 5.74) is 17.8. The van der Waals surface area contributed by atoms with E-state index in [1.54, 1.807) is 61.5 Å². The van der Waals surface area contributed by atoms with Crippen LogP contribution in [0.25, 0.3) is 11.1 Å². The number of aromatic hydroxyl groups is 1. The van der Waals surface area contributed by atoms with Gasteiger partial charge in [-0.1, -0.05) is 42.5 Å². The number of carbonyl (C=O) groups is 1. The number of rotatable bonds is 11. The Labute approximate surface area is 365 Å². The molecule has 2 radical (unpaired) electrons. The van der Waals surface area contributed by atoms with E-state index in [4.69, 9.17) is 11.5 Å². The molecule has 6 aromatic rings. The SMILES string of the molecule is Cc1cc(N=Nc2ccc(-c3ccc(N=Nc4ccc(O)c(C(=O)O)c4)cc3)cc2)c(N)c(N=Nc2ccc(Nc3ccccc3)c(S(=O)(=O)O)c2)c1N.[Na].[Na]. The maximum atomic E-state index is 12.2. The number of azo groups is 3. The maximum absolute atomic E-state index is 12.2. The first-order valence-electron chi connectivity index (χ1n) is 16.0. The van der Waals surface area contributed by atoms with Crippen LogP contribution in [0, 0.1) is 6.92 Å². The molecule has 272 valence electrons. The topological polar surface area (TPSA) is 250 Å². The molecule has 56 heavy (non-hydrogen) atoms. The second-order valence-corrected chi connectivity index (χ2v) is 13.1. The number of carboxylic acids is 1. The van der Waals surface area contributed by atoms with Gasteiger partial charge in [-0.2, -0.15) is 28.9 Å². The van der Waals surface area contributed by atoms with E-state index >= 15 is 0 Å². The van der Waals surface area contributed by atoms with Gasteiger partial charge in [0.15, 0.2) is 0 Å². The van der Waals surface area contributed by atoms with Crippen LogP contribution in [0.2, 0.25) is 0 Å². The van der Waals surface area contributed by atoms with Crippen molar-refractivity contribution >= 4 is 132 Å². The Balaban J connectivity index is 0.00000348. The number of carboxylic acid groups (broad SMARTS) is 1. The zero-order chi connectivity index (χ0) is 38.4. The number of nitrogens with zero attached hydrogens (tertiary/aromatic N) is 6. The van der Waals surface area contributed by atoms with Gasteiger partial charge in [-0.15, -0.1) is 10.2 Å². The van der Waals surface area contributed by atoms with Crippen molar-refractivity contribution in [1.82, 2.24) is 0 Å². The third-order valence-corrected chi connectivity index (χ3v) is 8.85. The van der Waals surface area contributed by atoms with Crippen molar-refractivity contribution in [2.75, 3.05) is 16.8 Å². The number of hydrogen-bond donors (Lipinski definition) is 6. The van der Waals surface area contributed by atoms with Gasteiger partial charge in [0.2, 0.25) is 0 Å². The first-order chi connectivity index (χ1) is 25.9. The van der Waals surface area contributed by atoms with Gasteiger partial charge in [0.1, 0.15) is 27.6 Å². The Morgan fingerprint density at radius 3 is 1.75 bits per heavy atom. The number of nitrogen functional groups attached to an aromatic ring is 2. The van der Waals surface area contributed by atoms with Crippen molar-refractivity contribution < 1.29 is 28.0 Å². The van der Waals surface area contributed by atoms with Crippen LogP contribution < -0.4 is 16.8 Å². The molecular formula is C38H31N9Na2O6S. The summed E-state index contributed by atoms with van der Waals surface area (Å²) in [6.07, 6.45) is 0. The van der Waals surface area contributed by atoms with E-state index in [9.17, 15) is 28.0 Å². The van der Waals surface area contributed by atoms with Gasteiger partial charge in [-0.25, -0.2) is 4.79 Å². The molecule has 0 saturated carbocycles. The zero-order valence-corrected chi connectivity index (χ0v) is 35.2. The van der Waals surface area contributed by atoms with Crippen molar-refractivity contribution in [2.24, 2.45) is 30.7 Å². The van der Waals surface area contributed by atoms with Gasteiger partial charge in [0.25, 0.3) is 10.1 Å². The van der Waals surface area contributed by atoms with Gasteiger partial charge >= 0.3 is 5.97 Å². The fraction of sp³-hybridized carbons (Fsp3) is 0.0263. The number of para-hydroxylation sites is 1. The van der Waals surface area contributed by atoms with E-state index in [1.165, 1.54) is 36.4 Å². The first-order valence-corrected chi connectivity index (χ1v) is 17.4. The number of benzene rings is 6. The minimum Gasteiger partial charge on any atom is -0.507 e. The number of phenols is 1. The molecule has 18 heteroatoms. The van der Waals surface area contributed by atoms with Crippen molar-refractivity contribution in [3.63, 3.8) is 0 Å². The molecule has 0 amide bonds. The third kappa shape index (κ3) is 10.7. The van der Waals surface area contributed by atoms with E-state index in [1.807, 2.05) is 30.3 Å². The Morgan fingerprint density at radius 1 is 0.643 bits per heavy atom. The first kappa shape index (κ1) is 43.4. The quantitative estimate of drug-likeness (QED) is 0.0316. The summed E-state index contributed by atoms with van der Waals surface area (Å²) in [5.74, 6) is -1.62. The molecule has 0 aliphatic heterocycles. The largest absolute Gasteiger partial charge is 0.507 e. The Kier molecular flexibility index (Phi) is 14.8. The van der Waals surface area contributed by atoms with E-state index in [-0.39, 0.29) is 110 Å². The summed E-state index contributed by atoms with van der Waals surface area (Å²) in [5, 5.41) is 47.1. The molecule has 0 heterocycles. The van der Waals surface area contributed by atoms with E-state index in [2.05, 4.69) is 36.0 Å². The van der Waals surface area contributed by atoms with Crippen molar-refractivity contribution in [3.05, 3.63) is 132 Å². The van der Waals surface area contributed by atoms with E-state index in [0.29, 0.717) is 22.6 Å². The monoisotopic (exact) mass is 787 g/mol. The second kappa shape index (κ2) is 19.0. The maximum Gasteiger partial charge on any atom is 0.339 e. The fourth-order valence-electron chi connectivity index (χ4n) is 5.10. The van der Waals surface area contributed by atoms with Gasteiger partial charge < -0.3 is 27.0 Å². The molecule has 8 N–H and O–H groups in total. The number of nitrogens with one attached hydrogen (secondary N) is 1. The van der Waals surface area contributed by atoms with Crippen LogP contribution in [-0.2, 0) is 10.1 Å². The van der Waals surface area contributed by atoms with Crippen molar-refractivity contribution in [2.45, 2.75) is 11.8 Å². The molecule has 6 rings (SSSR count). The molecule has 0 fully saturated rings. The van der Waals surface area contributed by atoms with Crippen molar-refractivity contribution in [1.29, 1.82) is 0 Å². The minimum absolute atomic E-state index is 0. The molecule has 0 saturated heterocycles. The van der Waals surface area contributed by atoms with Gasteiger partial charge in [-0.3, -0.25) is 4.55 Å². The Morgan fingerprint density at radius 2 is 1.16 bits per heavy atom. The molecule has 0 spiro atoms. The molecule has 0 atom stereocenters. The average Bonchev–Trinajstić information content (AvgIpc) is 3.16. The molecule has 0 unspecified atom stereocenters. The summed E-state index contributed by atoms with van der Waals surface area (Å²) in [6, 6.07) is 33.2. The summed E-state index contributed by atoms with van der Waals surface area (Å²) in [4.78, 5) is 10.9. The average molecular weight is 788 g/mol. The molecular weight excluding hydrogens is 757 g/mol. The van der Waals surface area contributed by atoms with Crippen LogP contribution in [-0.4, -0.2) is 88.3 Å². The number of aromatic carboxylic acids is 1. The smallest absolute Gasteiger partial charge is 0.339 e. The number of anilines is 4. The second-order valence-electron chi connectivity index (χ2n) is 11.7. The summed E-state index contributed by atoms with van der Waals surface area (Å²) in [7, 11) is -4.63. The molecule has 15 nitrogen and oxygen atoms in total. The normalized spacial score (nSPS) is 11.4. The molecule has 0 aromatic heterocycles. The van der Waals surface area contributed by atoms with E-state index in [0.717, 1.165) is 11.1 Å². The predicted octanol–water partition coefficient (Wildman–Crippen LogP) is 9.71. The molecule has 0 aliphatic carbocycles. The molecule has 0 bridgehead atoms. The third-order valence-electron chi connectivity index (χ3n) is 7.96.